The average Bonchev–Trinajstić information content (AvgIpc) is 3.00. The summed E-state index contributed by atoms with van der Waals surface area (Å²) in [5, 5.41) is 4.64. The van der Waals surface area contributed by atoms with Crippen LogP contribution in [0.25, 0.3) is 0 Å². The molecular formula is C11H16F3N3O2. The largest absolute Gasteiger partial charge is 0.408 e. The molecule has 3 amide bonds. The van der Waals surface area contributed by atoms with Gasteiger partial charge < -0.3 is 15.5 Å². The number of carbonyl (C=O) groups excluding carboxylic acids is 2. The maximum Gasteiger partial charge on any atom is 0.408 e. The van der Waals surface area contributed by atoms with Gasteiger partial charge in [0.1, 0.15) is 6.04 Å². The van der Waals surface area contributed by atoms with Gasteiger partial charge in [0.05, 0.1) is 6.04 Å². The number of likely N-dealkylation sites (tertiary alicyclic amines) is 1. The van der Waals surface area contributed by atoms with E-state index < -0.39 is 24.2 Å². The highest BCUT2D eigenvalue weighted by Gasteiger charge is 2.50. The first-order valence-electron chi connectivity index (χ1n) is 6.16. The second-order valence-corrected chi connectivity index (χ2v) is 5.11. The first kappa shape index (κ1) is 14.0. The molecule has 0 radical (unpaired) electrons. The molecule has 0 spiro atoms. The van der Waals surface area contributed by atoms with E-state index in [1.54, 1.807) is 0 Å². The van der Waals surface area contributed by atoms with Crippen molar-refractivity contribution in [2.45, 2.75) is 38.0 Å². The van der Waals surface area contributed by atoms with Crippen LogP contribution < -0.4 is 10.6 Å². The summed E-state index contributed by atoms with van der Waals surface area (Å²) in [4.78, 5) is 23.7. The summed E-state index contributed by atoms with van der Waals surface area (Å²) in [6.07, 6.45) is -3.41. The Morgan fingerprint density at radius 3 is 2.26 bits per heavy atom. The van der Waals surface area contributed by atoms with Crippen molar-refractivity contribution in [3.05, 3.63) is 0 Å². The molecule has 108 valence electrons. The third-order valence-corrected chi connectivity index (χ3v) is 3.30. The number of nitrogens with one attached hydrogen (secondary N) is 2. The molecule has 1 heterocycles. The molecule has 1 aliphatic heterocycles. The van der Waals surface area contributed by atoms with Crippen LogP contribution in [0.4, 0.5) is 18.0 Å². The highest BCUT2D eigenvalue weighted by Crippen LogP contribution is 2.40. The lowest BCUT2D eigenvalue weighted by Gasteiger charge is -2.40. The van der Waals surface area contributed by atoms with E-state index in [-0.39, 0.29) is 25.0 Å². The molecule has 0 aromatic heterocycles. The summed E-state index contributed by atoms with van der Waals surface area (Å²) in [5.74, 6) is -0.701. The normalized spacial score (nSPS) is 21.6. The summed E-state index contributed by atoms with van der Waals surface area (Å²) in [7, 11) is 0. The van der Waals surface area contributed by atoms with Crippen molar-refractivity contribution in [1.29, 1.82) is 0 Å². The van der Waals surface area contributed by atoms with E-state index in [2.05, 4.69) is 5.32 Å². The summed E-state index contributed by atoms with van der Waals surface area (Å²) >= 11 is 0. The Kier molecular flexibility index (Phi) is 3.60. The van der Waals surface area contributed by atoms with Crippen molar-refractivity contribution in [3.63, 3.8) is 0 Å². The van der Waals surface area contributed by atoms with Crippen LogP contribution in [-0.4, -0.2) is 48.2 Å². The summed E-state index contributed by atoms with van der Waals surface area (Å²) in [6, 6.07) is -2.62. The van der Waals surface area contributed by atoms with Crippen LogP contribution in [0.15, 0.2) is 0 Å². The molecule has 2 fully saturated rings. The quantitative estimate of drug-likeness (QED) is 0.805. The van der Waals surface area contributed by atoms with Crippen molar-refractivity contribution in [2.24, 2.45) is 5.92 Å². The molecule has 5 nitrogen and oxygen atoms in total. The van der Waals surface area contributed by atoms with Crippen LogP contribution in [-0.2, 0) is 4.79 Å². The molecule has 2 rings (SSSR count). The van der Waals surface area contributed by atoms with Crippen LogP contribution in [0.1, 0.15) is 19.8 Å². The molecule has 1 aliphatic carbocycles. The van der Waals surface area contributed by atoms with Crippen LogP contribution >= 0.6 is 0 Å². The average molecular weight is 279 g/mol. The van der Waals surface area contributed by atoms with Gasteiger partial charge >= 0.3 is 12.2 Å². The molecule has 1 unspecified atom stereocenters. The van der Waals surface area contributed by atoms with Gasteiger partial charge in [-0.25, -0.2) is 4.79 Å². The van der Waals surface area contributed by atoms with E-state index in [1.165, 1.54) is 11.8 Å². The van der Waals surface area contributed by atoms with Crippen LogP contribution in [0.3, 0.4) is 0 Å². The molecule has 8 heteroatoms. The second kappa shape index (κ2) is 4.90. The molecule has 1 atom stereocenters. The maximum absolute atomic E-state index is 12.7. The molecule has 2 aliphatic rings. The monoisotopic (exact) mass is 279 g/mol. The van der Waals surface area contributed by atoms with Gasteiger partial charge in [0.2, 0.25) is 5.91 Å². The van der Waals surface area contributed by atoms with E-state index in [0.717, 1.165) is 0 Å². The van der Waals surface area contributed by atoms with Gasteiger partial charge in [-0.3, -0.25) is 4.79 Å². The highest BCUT2D eigenvalue weighted by molar-refractivity contribution is 5.77. The second-order valence-electron chi connectivity index (χ2n) is 5.11. The SMILES string of the molecule is CC(=O)NC1CN(C(=O)NC(C2CC2)C(F)(F)F)C1. The molecule has 0 aromatic carbocycles. The number of carbonyl (C=O) groups is 2. The third-order valence-electron chi connectivity index (χ3n) is 3.30. The molecule has 0 bridgehead atoms. The fourth-order valence-corrected chi connectivity index (χ4v) is 2.14. The minimum atomic E-state index is -4.40. The van der Waals surface area contributed by atoms with Crippen LogP contribution in [0.2, 0.25) is 0 Å². The smallest absolute Gasteiger partial charge is 0.350 e. The fourth-order valence-electron chi connectivity index (χ4n) is 2.14. The van der Waals surface area contributed by atoms with E-state index >= 15 is 0 Å². The Balaban J connectivity index is 1.80. The van der Waals surface area contributed by atoms with Gasteiger partial charge in [0.25, 0.3) is 0 Å². The number of amides is 3. The zero-order chi connectivity index (χ0) is 14.2. The number of hydrogen-bond donors (Lipinski definition) is 2. The number of hydrogen-bond acceptors (Lipinski definition) is 2. The Morgan fingerprint density at radius 1 is 1.26 bits per heavy atom. The van der Waals surface area contributed by atoms with Gasteiger partial charge in [0, 0.05) is 20.0 Å². The minimum absolute atomic E-state index is 0.159. The molecule has 0 aromatic rings. The zero-order valence-electron chi connectivity index (χ0n) is 10.5. The highest BCUT2D eigenvalue weighted by atomic mass is 19.4. The molecular weight excluding hydrogens is 263 g/mol. The van der Waals surface area contributed by atoms with Gasteiger partial charge in [-0.15, -0.1) is 0 Å². The van der Waals surface area contributed by atoms with Crippen molar-refractivity contribution in [3.8, 4) is 0 Å². The molecule has 1 saturated heterocycles. The molecule has 2 N–H and O–H groups in total. The number of urea groups is 1. The molecule has 19 heavy (non-hydrogen) atoms. The predicted octanol–water partition coefficient (Wildman–Crippen LogP) is 0.857. The van der Waals surface area contributed by atoms with Crippen LogP contribution in [0.5, 0.6) is 0 Å². The van der Waals surface area contributed by atoms with E-state index in [4.69, 9.17) is 0 Å². The summed E-state index contributed by atoms with van der Waals surface area (Å²) in [6.45, 7) is 1.86. The minimum Gasteiger partial charge on any atom is -0.350 e. The Labute approximate surface area is 108 Å². The first-order chi connectivity index (χ1) is 8.77. The van der Waals surface area contributed by atoms with Gasteiger partial charge in [0.15, 0.2) is 0 Å². The summed E-state index contributed by atoms with van der Waals surface area (Å²) in [5.41, 5.74) is 0. The maximum atomic E-state index is 12.7. The van der Waals surface area contributed by atoms with E-state index in [1.807, 2.05) is 5.32 Å². The predicted molar refractivity (Wildman–Crippen MR) is 60.3 cm³/mol. The number of alkyl halides is 3. The summed E-state index contributed by atoms with van der Waals surface area (Å²) < 4.78 is 38.1. The topological polar surface area (TPSA) is 61.4 Å². The Hall–Kier alpha value is -1.47. The number of rotatable bonds is 3. The van der Waals surface area contributed by atoms with Gasteiger partial charge in [-0.1, -0.05) is 0 Å². The number of nitrogens with zero attached hydrogens (tertiary/aromatic N) is 1. The third kappa shape index (κ3) is 3.51. The van der Waals surface area contributed by atoms with Crippen molar-refractivity contribution >= 4 is 11.9 Å². The number of halogens is 3. The Morgan fingerprint density at radius 2 is 1.84 bits per heavy atom. The standard InChI is InChI=1S/C11H16F3N3O2/c1-6(18)15-8-4-17(5-8)10(19)16-9(7-2-3-7)11(12,13)14/h7-9H,2-5H2,1H3,(H,15,18)(H,16,19). The lowest BCUT2D eigenvalue weighted by Crippen LogP contribution is -2.64. The van der Waals surface area contributed by atoms with Crippen molar-refractivity contribution < 1.29 is 22.8 Å². The van der Waals surface area contributed by atoms with Crippen molar-refractivity contribution in [2.75, 3.05) is 13.1 Å². The van der Waals surface area contributed by atoms with Crippen LogP contribution in [0, 0.1) is 5.92 Å². The first-order valence-corrected chi connectivity index (χ1v) is 6.16. The molecule has 1 saturated carbocycles. The van der Waals surface area contributed by atoms with Gasteiger partial charge in [-0.05, 0) is 18.8 Å². The fraction of sp³-hybridized carbons (Fsp3) is 0.818. The lowest BCUT2D eigenvalue weighted by molar-refractivity contribution is -0.158. The zero-order valence-corrected chi connectivity index (χ0v) is 10.5. The lowest BCUT2D eigenvalue weighted by atomic mass is 10.1. The van der Waals surface area contributed by atoms with E-state index in [0.29, 0.717) is 12.8 Å². The van der Waals surface area contributed by atoms with E-state index in [9.17, 15) is 22.8 Å². The Bertz CT molecular complexity index is 376. The van der Waals surface area contributed by atoms with Gasteiger partial charge in [-0.2, -0.15) is 13.2 Å². The van der Waals surface area contributed by atoms with Crippen molar-refractivity contribution in [1.82, 2.24) is 15.5 Å².